The predicted molar refractivity (Wildman–Crippen MR) is 84.7 cm³/mol. The first kappa shape index (κ1) is 17.3. The normalized spacial score (nSPS) is 13.7. The maximum Gasteiger partial charge on any atom is 0.147 e. The number of alkyl halides is 1. The van der Waals surface area contributed by atoms with Crippen LogP contribution in [0.4, 0.5) is 4.39 Å². The molecule has 0 aromatic heterocycles. The van der Waals surface area contributed by atoms with E-state index in [1.165, 1.54) is 0 Å². The molecule has 0 spiro atoms. The van der Waals surface area contributed by atoms with E-state index in [-0.39, 0.29) is 18.3 Å². The summed E-state index contributed by atoms with van der Waals surface area (Å²) in [6, 6.07) is 9.80. The van der Waals surface area contributed by atoms with Crippen molar-refractivity contribution in [1.82, 2.24) is 0 Å². The molecule has 0 saturated carbocycles. The molecule has 1 atom stereocenters. The van der Waals surface area contributed by atoms with E-state index in [2.05, 4.69) is 26.9 Å². The molecule has 20 heavy (non-hydrogen) atoms. The lowest BCUT2D eigenvalue weighted by Gasteiger charge is -2.28. The molecule has 0 N–H and O–H groups in total. The smallest absolute Gasteiger partial charge is 0.147 e. The van der Waals surface area contributed by atoms with Crippen LogP contribution in [-0.4, -0.2) is 34.8 Å². The molecule has 0 amide bonds. The zero-order chi connectivity index (χ0) is 15.0. The predicted octanol–water partition coefficient (Wildman–Crippen LogP) is 3.82. The van der Waals surface area contributed by atoms with Crippen LogP contribution in [0.25, 0.3) is 0 Å². The minimum Gasteiger partial charge on any atom is -0.378 e. The minimum absolute atomic E-state index is 0.0917. The Morgan fingerprint density at radius 3 is 2.30 bits per heavy atom. The largest absolute Gasteiger partial charge is 0.378 e. The van der Waals surface area contributed by atoms with Gasteiger partial charge in [0, 0.05) is 15.4 Å². The molecule has 0 fully saturated rings. The fourth-order valence-corrected chi connectivity index (χ4v) is 1.99. The second kappa shape index (κ2) is 8.55. The van der Waals surface area contributed by atoms with Crippen LogP contribution in [-0.2, 0) is 16.1 Å². The quantitative estimate of drug-likeness (QED) is 0.645. The van der Waals surface area contributed by atoms with Gasteiger partial charge >= 0.3 is 0 Å². The van der Waals surface area contributed by atoms with Crippen LogP contribution in [0.1, 0.15) is 19.4 Å². The summed E-state index contributed by atoms with van der Waals surface area (Å²) < 4.78 is 24.5. The summed E-state index contributed by atoms with van der Waals surface area (Å²) in [4.78, 5) is 0. The fourth-order valence-electron chi connectivity index (χ4n) is 1.54. The Bertz CT molecular complexity index is 368. The van der Waals surface area contributed by atoms with Crippen LogP contribution in [0.3, 0.4) is 0 Å². The van der Waals surface area contributed by atoms with Crippen LogP contribution in [0.5, 0.6) is 0 Å². The summed E-state index contributed by atoms with van der Waals surface area (Å²) in [6.45, 7) is 10.3. The molecular weight excluding hydrogens is 271 g/mol. The van der Waals surface area contributed by atoms with Gasteiger partial charge in [0.2, 0.25) is 0 Å². The fraction of sp³-hybridized carbons (Fsp3) is 0.625. The molecule has 0 aliphatic rings. The first-order chi connectivity index (χ1) is 9.42. The van der Waals surface area contributed by atoms with Gasteiger partial charge in [-0.15, -0.1) is 0 Å². The second-order valence-electron chi connectivity index (χ2n) is 6.26. The van der Waals surface area contributed by atoms with Gasteiger partial charge < -0.3 is 9.47 Å². The number of rotatable bonds is 9. The van der Waals surface area contributed by atoms with Crippen molar-refractivity contribution in [1.29, 1.82) is 0 Å². The number of ether oxygens (including phenoxy) is 2. The Balaban J connectivity index is 2.13. The van der Waals surface area contributed by atoms with E-state index in [0.717, 1.165) is 5.56 Å². The zero-order valence-electron chi connectivity index (χ0n) is 13.1. The summed E-state index contributed by atoms with van der Waals surface area (Å²) in [5.41, 5.74) is 1.06. The van der Waals surface area contributed by atoms with E-state index in [4.69, 9.17) is 9.47 Å². The third kappa shape index (κ3) is 6.64. The highest BCUT2D eigenvalue weighted by molar-refractivity contribution is 6.59. The number of hydrogen-bond acceptors (Lipinski definition) is 2. The third-order valence-electron chi connectivity index (χ3n) is 3.75. The van der Waals surface area contributed by atoms with Crippen molar-refractivity contribution in [2.45, 2.75) is 44.8 Å². The Hall–Kier alpha value is -0.713. The van der Waals surface area contributed by atoms with Gasteiger partial charge in [-0.2, -0.15) is 0 Å². The number of hydrogen-bond donors (Lipinski definition) is 0. The molecule has 0 unspecified atom stereocenters. The summed E-state index contributed by atoms with van der Waals surface area (Å²) in [5, 5.41) is 0.213. The lowest BCUT2D eigenvalue weighted by molar-refractivity contribution is 0.0105. The van der Waals surface area contributed by atoms with E-state index in [0.29, 0.717) is 13.2 Å². The maximum absolute atomic E-state index is 13.6. The number of benzene rings is 1. The number of halogens is 1. The van der Waals surface area contributed by atoms with E-state index < -0.39 is 15.0 Å². The first-order valence-corrected chi connectivity index (χ1v) is 10.1. The molecule has 4 heteroatoms. The van der Waals surface area contributed by atoms with Crippen molar-refractivity contribution >= 4 is 8.80 Å². The topological polar surface area (TPSA) is 18.5 Å². The molecule has 0 aliphatic heterocycles. The van der Waals surface area contributed by atoms with Gasteiger partial charge in [0.25, 0.3) is 0 Å². The van der Waals surface area contributed by atoms with Crippen molar-refractivity contribution in [3.8, 4) is 0 Å². The summed E-state index contributed by atoms with van der Waals surface area (Å²) in [6.07, 6.45) is -1.05. The lowest BCUT2D eigenvalue weighted by atomic mass is 10.2. The van der Waals surface area contributed by atoms with E-state index in [1.807, 2.05) is 30.3 Å². The Morgan fingerprint density at radius 1 is 1.10 bits per heavy atom. The molecule has 1 aromatic carbocycles. The summed E-state index contributed by atoms with van der Waals surface area (Å²) in [7, 11) is -0.785. The van der Waals surface area contributed by atoms with Crippen molar-refractivity contribution < 1.29 is 13.9 Å². The molecular formula is C16H27FO2Si. The van der Waals surface area contributed by atoms with Crippen molar-refractivity contribution in [3.63, 3.8) is 0 Å². The summed E-state index contributed by atoms with van der Waals surface area (Å²) in [5.74, 6) is 0. The monoisotopic (exact) mass is 298 g/mol. The van der Waals surface area contributed by atoms with Crippen LogP contribution < -0.4 is 0 Å². The van der Waals surface area contributed by atoms with E-state index >= 15 is 0 Å². The molecule has 0 bridgehead atoms. The zero-order valence-corrected chi connectivity index (χ0v) is 14.2. The Morgan fingerprint density at radius 2 is 1.70 bits per heavy atom. The van der Waals surface area contributed by atoms with Crippen LogP contribution in [0, 0.1) is 0 Å². The van der Waals surface area contributed by atoms with Gasteiger partial charge in [-0.1, -0.05) is 57.3 Å². The molecule has 1 aromatic rings. The Labute approximate surface area is 123 Å². The second-order valence-corrected chi connectivity index (χ2v) is 10.1. The van der Waals surface area contributed by atoms with Crippen molar-refractivity contribution in [2.24, 2.45) is 0 Å². The van der Waals surface area contributed by atoms with Crippen LogP contribution in [0.15, 0.2) is 30.3 Å². The Kier molecular flexibility index (Phi) is 7.41. The molecule has 1 rings (SSSR count). The van der Waals surface area contributed by atoms with Crippen LogP contribution in [0.2, 0.25) is 18.1 Å². The average Bonchev–Trinajstić information content (AvgIpc) is 2.39. The van der Waals surface area contributed by atoms with E-state index in [9.17, 15) is 4.39 Å². The van der Waals surface area contributed by atoms with Gasteiger partial charge in [0.1, 0.15) is 6.17 Å². The van der Waals surface area contributed by atoms with Gasteiger partial charge in [-0.3, -0.25) is 0 Å². The SMILES string of the molecule is C[SiH](C)C(C)(C)COC[C@H](F)COCc1ccccc1. The average molecular weight is 298 g/mol. The van der Waals surface area contributed by atoms with Crippen molar-refractivity contribution in [3.05, 3.63) is 35.9 Å². The van der Waals surface area contributed by atoms with E-state index in [1.54, 1.807) is 0 Å². The highest BCUT2D eigenvalue weighted by Gasteiger charge is 2.24. The molecule has 0 aliphatic carbocycles. The highest BCUT2D eigenvalue weighted by Crippen LogP contribution is 2.28. The van der Waals surface area contributed by atoms with Crippen molar-refractivity contribution in [2.75, 3.05) is 19.8 Å². The summed E-state index contributed by atoms with van der Waals surface area (Å²) >= 11 is 0. The van der Waals surface area contributed by atoms with Gasteiger partial charge in [-0.05, 0) is 10.6 Å². The van der Waals surface area contributed by atoms with Gasteiger partial charge in [0.15, 0.2) is 0 Å². The third-order valence-corrected chi connectivity index (χ3v) is 7.04. The molecule has 2 nitrogen and oxygen atoms in total. The lowest BCUT2D eigenvalue weighted by Crippen LogP contribution is -2.28. The van der Waals surface area contributed by atoms with Crippen LogP contribution >= 0.6 is 0 Å². The highest BCUT2D eigenvalue weighted by atomic mass is 28.3. The van der Waals surface area contributed by atoms with Gasteiger partial charge in [0.05, 0.1) is 19.8 Å². The molecule has 0 radical (unpaired) electrons. The molecule has 114 valence electrons. The minimum atomic E-state index is -1.05. The molecule has 0 saturated heterocycles. The maximum atomic E-state index is 13.6. The molecule has 0 heterocycles. The van der Waals surface area contributed by atoms with Gasteiger partial charge in [-0.25, -0.2) is 4.39 Å². The first-order valence-electron chi connectivity index (χ1n) is 7.25. The standard InChI is InChI=1S/C16H27FO2Si/c1-16(2,20(3)4)13-19-12-15(17)11-18-10-14-8-6-5-7-9-14/h5-9,15,20H,10-13H2,1-4H3/t15-/m1/s1.